The van der Waals surface area contributed by atoms with Crippen LogP contribution in [0.5, 0.6) is 0 Å². The second-order valence-electron chi connectivity index (χ2n) is 3.20. The van der Waals surface area contributed by atoms with Gasteiger partial charge in [0, 0.05) is 6.20 Å². The van der Waals surface area contributed by atoms with E-state index in [0.29, 0.717) is 0 Å². The molecular weight excluding hydrogens is 222 g/mol. The normalized spacial score (nSPS) is 9.94. The minimum atomic E-state index is -0.620. The zero-order valence-corrected chi connectivity index (χ0v) is 9.04. The molecule has 0 saturated carbocycles. The average Bonchev–Trinajstić information content (AvgIpc) is 2.87. The molecule has 0 fully saturated rings. The molecule has 2 aromatic heterocycles. The van der Waals surface area contributed by atoms with Gasteiger partial charge in [-0.1, -0.05) is 6.07 Å². The number of rotatable bonds is 3. The van der Waals surface area contributed by atoms with Gasteiger partial charge in [0.15, 0.2) is 5.76 Å². The second kappa shape index (κ2) is 4.61. The Labute approximate surface area is 97.0 Å². The van der Waals surface area contributed by atoms with E-state index in [2.05, 4.69) is 9.72 Å². The monoisotopic (exact) mass is 231 g/mol. The number of esters is 1. The second-order valence-corrected chi connectivity index (χ2v) is 3.20. The number of ketones is 1. The number of aromatic nitrogens is 1. The van der Waals surface area contributed by atoms with Crippen LogP contribution in [0.25, 0.3) is 0 Å². The Morgan fingerprint density at radius 2 is 1.94 bits per heavy atom. The number of methoxy groups -OCH3 is 1. The summed E-state index contributed by atoms with van der Waals surface area (Å²) in [5, 5.41) is 0. The van der Waals surface area contributed by atoms with E-state index in [9.17, 15) is 9.59 Å². The van der Waals surface area contributed by atoms with Crippen molar-refractivity contribution < 1.29 is 18.7 Å². The van der Waals surface area contributed by atoms with E-state index in [1.54, 1.807) is 18.2 Å². The van der Waals surface area contributed by atoms with Gasteiger partial charge in [0.25, 0.3) is 0 Å². The van der Waals surface area contributed by atoms with Crippen molar-refractivity contribution in [2.75, 3.05) is 7.11 Å². The summed E-state index contributed by atoms with van der Waals surface area (Å²) in [5.41, 5.74) is 0.262. The summed E-state index contributed by atoms with van der Waals surface area (Å²) in [5.74, 6) is -0.943. The quantitative estimate of drug-likeness (QED) is 0.593. The molecule has 0 aliphatic carbocycles. The zero-order chi connectivity index (χ0) is 12.3. The molecular formula is C12H9NO4. The Kier molecular flexibility index (Phi) is 3.00. The Balaban J connectivity index is 2.27. The lowest BCUT2D eigenvalue weighted by Gasteiger charge is -1.96. The Hall–Kier alpha value is -2.43. The molecule has 86 valence electrons. The molecule has 0 N–H and O–H groups in total. The summed E-state index contributed by atoms with van der Waals surface area (Å²) < 4.78 is 9.56. The highest BCUT2D eigenvalue weighted by atomic mass is 16.5. The van der Waals surface area contributed by atoms with Crippen molar-refractivity contribution in [3.05, 3.63) is 53.7 Å². The van der Waals surface area contributed by atoms with Gasteiger partial charge in [0.2, 0.25) is 11.5 Å². The fourth-order valence-electron chi connectivity index (χ4n) is 1.29. The summed E-state index contributed by atoms with van der Waals surface area (Å²) in [7, 11) is 1.24. The maximum absolute atomic E-state index is 11.9. The van der Waals surface area contributed by atoms with Crippen molar-refractivity contribution >= 4 is 11.8 Å². The summed E-state index contributed by atoms with van der Waals surface area (Å²) >= 11 is 0. The first-order valence-electron chi connectivity index (χ1n) is 4.86. The molecule has 2 rings (SSSR count). The molecule has 5 nitrogen and oxygen atoms in total. The van der Waals surface area contributed by atoms with Crippen LogP contribution in [0, 0.1) is 0 Å². The van der Waals surface area contributed by atoms with Gasteiger partial charge in [0.1, 0.15) is 5.69 Å². The third-order valence-electron chi connectivity index (χ3n) is 2.11. The van der Waals surface area contributed by atoms with Gasteiger partial charge in [-0.15, -0.1) is 0 Å². The van der Waals surface area contributed by atoms with Crippen LogP contribution in [0.1, 0.15) is 26.8 Å². The van der Waals surface area contributed by atoms with Gasteiger partial charge in [-0.3, -0.25) is 9.78 Å². The molecule has 0 spiro atoms. The lowest BCUT2D eigenvalue weighted by molar-refractivity contribution is 0.0563. The van der Waals surface area contributed by atoms with Crippen molar-refractivity contribution in [2.45, 2.75) is 0 Å². The summed E-state index contributed by atoms with van der Waals surface area (Å²) in [6.07, 6.45) is 1.51. The number of ether oxygens (including phenoxy) is 1. The van der Waals surface area contributed by atoms with Crippen LogP contribution in [0.4, 0.5) is 0 Å². The zero-order valence-electron chi connectivity index (χ0n) is 9.04. The number of hydrogen-bond donors (Lipinski definition) is 0. The minimum absolute atomic E-state index is 0.00761. The number of pyridine rings is 1. The predicted molar refractivity (Wildman–Crippen MR) is 57.7 cm³/mol. The summed E-state index contributed by atoms with van der Waals surface area (Å²) in [6.45, 7) is 0. The molecule has 0 saturated heterocycles. The topological polar surface area (TPSA) is 69.4 Å². The maximum Gasteiger partial charge on any atom is 0.373 e. The molecule has 0 aromatic carbocycles. The first kappa shape index (κ1) is 11.1. The van der Waals surface area contributed by atoms with E-state index in [0.717, 1.165) is 0 Å². The van der Waals surface area contributed by atoms with Crippen LogP contribution < -0.4 is 0 Å². The third-order valence-corrected chi connectivity index (χ3v) is 2.11. The predicted octanol–water partition coefficient (Wildman–Crippen LogP) is 1.69. The van der Waals surface area contributed by atoms with E-state index in [1.807, 2.05) is 0 Å². The number of carbonyl (C=O) groups excluding carboxylic acids is 2. The van der Waals surface area contributed by atoms with Crippen LogP contribution in [0.15, 0.2) is 40.9 Å². The van der Waals surface area contributed by atoms with Gasteiger partial charge >= 0.3 is 5.97 Å². The Bertz CT molecular complexity index is 545. The van der Waals surface area contributed by atoms with E-state index in [4.69, 9.17) is 4.42 Å². The van der Waals surface area contributed by atoms with Crippen molar-refractivity contribution in [1.82, 2.24) is 4.98 Å². The van der Waals surface area contributed by atoms with E-state index in [-0.39, 0.29) is 23.0 Å². The molecule has 17 heavy (non-hydrogen) atoms. The first-order valence-corrected chi connectivity index (χ1v) is 4.86. The van der Waals surface area contributed by atoms with E-state index < -0.39 is 5.97 Å². The van der Waals surface area contributed by atoms with Crippen molar-refractivity contribution in [2.24, 2.45) is 0 Å². The summed E-state index contributed by atoms with van der Waals surface area (Å²) in [6, 6.07) is 7.79. The highest BCUT2D eigenvalue weighted by Gasteiger charge is 2.17. The fraction of sp³-hybridized carbons (Fsp3) is 0.0833. The number of carbonyl (C=O) groups is 2. The van der Waals surface area contributed by atoms with E-state index >= 15 is 0 Å². The maximum atomic E-state index is 11.9. The number of hydrogen-bond acceptors (Lipinski definition) is 5. The van der Waals surface area contributed by atoms with Crippen molar-refractivity contribution in [3.8, 4) is 0 Å². The molecule has 2 heterocycles. The molecule has 0 aliphatic heterocycles. The molecule has 0 amide bonds. The van der Waals surface area contributed by atoms with Crippen LogP contribution in [-0.2, 0) is 4.74 Å². The average molecular weight is 231 g/mol. The van der Waals surface area contributed by atoms with Gasteiger partial charge < -0.3 is 9.15 Å². The van der Waals surface area contributed by atoms with Gasteiger partial charge in [-0.25, -0.2) is 4.79 Å². The minimum Gasteiger partial charge on any atom is -0.463 e. The fourth-order valence-corrected chi connectivity index (χ4v) is 1.29. The Morgan fingerprint density at radius 1 is 1.18 bits per heavy atom. The largest absolute Gasteiger partial charge is 0.463 e. The molecule has 0 radical (unpaired) electrons. The number of furan rings is 1. The highest BCUT2D eigenvalue weighted by Crippen LogP contribution is 2.12. The van der Waals surface area contributed by atoms with Crippen LogP contribution in [0.2, 0.25) is 0 Å². The first-order chi connectivity index (χ1) is 8.22. The van der Waals surface area contributed by atoms with Gasteiger partial charge in [0.05, 0.1) is 7.11 Å². The van der Waals surface area contributed by atoms with Gasteiger partial charge in [-0.05, 0) is 24.3 Å². The molecule has 0 unspecified atom stereocenters. The molecule has 0 bridgehead atoms. The van der Waals surface area contributed by atoms with Crippen molar-refractivity contribution in [3.63, 3.8) is 0 Å². The lowest BCUT2D eigenvalue weighted by Crippen LogP contribution is -2.02. The van der Waals surface area contributed by atoms with Crippen LogP contribution in [-0.4, -0.2) is 23.8 Å². The molecule has 0 aliphatic rings. The molecule has 5 heteroatoms. The van der Waals surface area contributed by atoms with E-state index in [1.165, 1.54) is 25.4 Å². The molecule has 2 aromatic rings. The highest BCUT2D eigenvalue weighted by molar-refractivity contribution is 6.06. The summed E-state index contributed by atoms with van der Waals surface area (Å²) in [4.78, 5) is 26.9. The third kappa shape index (κ3) is 2.23. The van der Waals surface area contributed by atoms with Crippen molar-refractivity contribution in [1.29, 1.82) is 0 Å². The standard InChI is InChI=1S/C12H9NO4/c1-16-12(15)10-6-5-9(17-10)11(14)8-4-2-3-7-13-8/h2-7H,1H3. The van der Waals surface area contributed by atoms with Crippen LogP contribution in [0.3, 0.4) is 0 Å². The lowest BCUT2D eigenvalue weighted by atomic mass is 10.2. The SMILES string of the molecule is COC(=O)c1ccc(C(=O)c2ccccn2)o1. The van der Waals surface area contributed by atoms with Gasteiger partial charge in [-0.2, -0.15) is 0 Å². The number of nitrogens with zero attached hydrogens (tertiary/aromatic N) is 1. The van der Waals surface area contributed by atoms with Crippen LogP contribution >= 0.6 is 0 Å². The molecule has 0 atom stereocenters. The Morgan fingerprint density at radius 3 is 2.59 bits per heavy atom. The smallest absolute Gasteiger partial charge is 0.373 e.